The highest BCUT2D eigenvalue weighted by molar-refractivity contribution is 5.50. The summed E-state index contributed by atoms with van der Waals surface area (Å²) >= 11 is 0. The van der Waals surface area contributed by atoms with Crippen molar-refractivity contribution in [1.82, 2.24) is 0 Å². The van der Waals surface area contributed by atoms with E-state index in [4.69, 9.17) is 19.9 Å². The summed E-state index contributed by atoms with van der Waals surface area (Å²) in [6.45, 7) is 3.27. The molecule has 2 N–H and O–H groups in total. The smallest absolute Gasteiger partial charge is 0.161 e. The van der Waals surface area contributed by atoms with Gasteiger partial charge in [-0.3, -0.25) is 0 Å². The van der Waals surface area contributed by atoms with E-state index in [9.17, 15) is 0 Å². The average molecular weight is 301 g/mol. The molecule has 2 aromatic carbocycles. The van der Waals surface area contributed by atoms with E-state index in [1.807, 2.05) is 49.4 Å². The monoisotopic (exact) mass is 301 g/mol. The minimum absolute atomic E-state index is 0.639. The van der Waals surface area contributed by atoms with Crippen molar-refractivity contribution < 1.29 is 14.2 Å². The van der Waals surface area contributed by atoms with Crippen molar-refractivity contribution >= 4 is 5.69 Å². The Morgan fingerprint density at radius 3 is 2.27 bits per heavy atom. The molecule has 2 rings (SSSR count). The maximum atomic E-state index is 5.85. The van der Waals surface area contributed by atoms with Gasteiger partial charge in [0.15, 0.2) is 11.5 Å². The Morgan fingerprint density at radius 2 is 1.59 bits per heavy atom. The van der Waals surface area contributed by atoms with Gasteiger partial charge in [-0.05, 0) is 43.5 Å². The van der Waals surface area contributed by atoms with E-state index in [0.29, 0.717) is 13.2 Å². The van der Waals surface area contributed by atoms with Crippen molar-refractivity contribution in [2.24, 2.45) is 0 Å². The van der Waals surface area contributed by atoms with Crippen LogP contribution in [0.4, 0.5) is 5.69 Å². The van der Waals surface area contributed by atoms with Crippen molar-refractivity contribution in [2.75, 3.05) is 26.1 Å². The zero-order valence-electron chi connectivity index (χ0n) is 13.2. The number of benzene rings is 2. The Morgan fingerprint density at radius 1 is 0.909 bits per heavy atom. The SMILES string of the molecule is COc1ccccc1OCCCCOc1ccc(C)c(N)c1. The summed E-state index contributed by atoms with van der Waals surface area (Å²) in [6.07, 6.45) is 1.84. The molecule has 4 nitrogen and oxygen atoms in total. The summed E-state index contributed by atoms with van der Waals surface area (Å²) in [7, 11) is 1.64. The number of hydrogen-bond acceptors (Lipinski definition) is 4. The lowest BCUT2D eigenvalue weighted by molar-refractivity contribution is 0.258. The first kappa shape index (κ1) is 16.0. The van der Waals surface area contributed by atoms with Crippen molar-refractivity contribution in [1.29, 1.82) is 0 Å². The van der Waals surface area contributed by atoms with Crippen LogP contribution < -0.4 is 19.9 Å². The molecule has 0 spiro atoms. The lowest BCUT2D eigenvalue weighted by Gasteiger charge is -2.11. The van der Waals surface area contributed by atoms with Gasteiger partial charge in [-0.15, -0.1) is 0 Å². The third kappa shape index (κ3) is 4.58. The number of para-hydroxylation sites is 2. The second-order valence-corrected chi connectivity index (χ2v) is 5.07. The molecule has 2 aromatic rings. The molecular formula is C18H23NO3. The van der Waals surface area contributed by atoms with E-state index < -0.39 is 0 Å². The summed E-state index contributed by atoms with van der Waals surface area (Å²) in [4.78, 5) is 0. The number of hydrogen-bond donors (Lipinski definition) is 1. The minimum atomic E-state index is 0.639. The van der Waals surface area contributed by atoms with Gasteiger partial charge in [0.05, 0.1) is 20.3 Å². The molecule has 0 saturated carbocycles. The second kappa shape index (κ2) is 8.17. The van der Waals surface area contributed by atoms with Crippen molar-refractivity contribution in [3.8, 4) is 17.2 Å². The van der Waals surface area contributed by atoms with Crippen molar-refractivity contribution in [3.63, 3.8) is 0 Å². The fourth-order valence-corrected chi connectivity index (χ4v) is 2.02. The maximum absolute atomic E-state index is 5.85. The molecule has 0 aliphatic rings. The molecule has 0 saturated heterocycles. The number of ether oxygens (including phenoxy) is 3. The topological polar surface area (TPSA) is 53.7 Å². The third-order valence-electron chi connectivity index (χ3n) is 3.38. The molecule has 0 bridgehead atoms. The molecule has 0 radical (unpaired) electrons. The Balaban J connectivity index is 1.66. The van der Waals surface area contributed by atoms with E-state index in [1.54, 1.807) is 7.11 Å². The predicted octanol–water partition coefficient (Wildman–Crippen LogP) is 3.82. The minimum Gasteiger partial charge on any atom is -0.494 e. The van der Waals surface area contributed by atoms with E-state index >= 15 is 0 Å². The molecular weight excluding hydrogens is 278 g/mol. The van der Waals surface area contributed by atoms with Crippen LogP contribution in [0.15, 0.2) is 42.5 Å². The highest BCUT2D eigenvalue weighted by Gasteiger charge is 2.02. The number of nitrogen functional groups attached to an aromatic ring is 1. The standard InChI is InChI=1S/C18H23NO3/c1-14-9-10-15(13-16(14)19)21-11-5-6-12-22-18-8-4-3-7-17(18)20-2/h3-4,7-10,13H,5-6,11-12,19H2,1-2H3. The summed E-state index contributed by atoms with van der Waals surface area (Å²) in [5.74, 6) is 2.35. The highest BCUT2D eigenvalue weighted by Crippen LogP contribution is 2.25. The number of unbranched alkanes of at least 4 members (excludes halogenated alkanes) is 1. The summed E-state index contributed by atoms with van der Waals surface area (Å²) in [5.41, 5.74) is 7.68. The molecule has 0 atom stereocenters. The van der Waals surface area contributed by atoms with Crippen LogP contribution >= 0.6 is 0 Å². The molecule has 22 heavy (non-hydrogen) atoms. The summed E-state index contributed by atoms with van der Waals surface area (Å²) in [5, 5.41) is 0. The van der Waals surface area contributed by atoms with Gasteiger partial charge in [-0.25, -0.2) is 0 Å². The van der Waals surface area contributed by atoms with Crippen LogP contribution in [0.25, 0.3) is 0 Å². The number of rotatable bonds is 8. The summed E-state index contributed by atoms with van der Waals surface area (Å²) in [6, 6.07) is 13.4. The molecule has 0 fully saturated rings. The van der Waals surface area contributed by atoms with Gasteiger partial charge in [-0.2, -0.15) is 0 Å². The quantitative estimate of drug-likeness (QED) is 0.595. The highest BCUT2D eigenvalue weighted by atomic mass is 16.5. The van der Waals surface area contributed by atoms with Crippen molar-refractivity contribution in [2.45, 2.75) is 19.8 Å². The zero-order chi connectivity index (χ0) is 15.8. The number of anilines is 1. The predicted molar refractivity (Wildman–Crippen MR) is 88.8 cm³/mol. The van der Waals surface area contributed by atoms with Crippen LogP contribution in [0.5, 0.6) is 17.2 Å². The van der Waals surface area contributed by atoms with Gasteiger partial charge in [0, 0.05) is 11.8 Å². The lowest BCUT2D eigenvalue weighted by atomic mass is 10.2. The Kier molecular flexibility index (Phi) is 5.95. The van der Waals surface area contributed by atoms with Gasteiger partial charge < -0.3 is 19.9 Å². The molecule has 4 heteroatoms. The van der Waals surface area contributed by atoms with Gasteiger partial charge >= 0.3 is 0 Å². The third-order valence-corrected chi connectivity index (χ3v) is 3.38. The maximum Gasteiger partial charge on any atom is 0.161 e. The number of aryl methyl sites for hydroxylation is 1. The van der Waals surface area contributed by atoms with E-state index in [2.05, 4.69) is 0 Å². The van der Waals surface area contributed by atoms with Crippen LogP contribution in [0.3, 0.4) is 0 Å². The first-order valence-electron chi connectivity index (χ1n) is 7.45. The van der Waals surface area contributed by atoms with Gasteiger partial charge in [0.2, 0.25) is 0 Å². The molecule has 0 aliphatic heterocycles. The molecule has 0 unspecified atom stereocenters. The van der Waals surface area contributed by atoms with Gasteiger partial charge in [-0.1, -0.05) is 18.2 Å². The second-order valence-electron chi connectivity index (χ2n) is 5.07. The van der Waals surface area contributed by atoms with Crippen LogP contribution in [0, 0.1) is 6.92 Å². The first-order valence-corrected chi connectivity index (χ1v) is 7.45. The fraction of sp³-hybridized carbons (Fsp3) is 0.333. The zero-order valence-corrected chi connectivity index (χ0v) is 13.2. The van der Waals surface area contributed by atoms with E-state index in [1.165, 1.54) is 0 Å². The molecule has 0 heterocycles. The first-order chi connectivity index (χ1) is 10.7. The number of methoxy groups -OCH3 is 1. The number of nitrogens with two attached hydrogens (primary N) is 1. The van der Waals surface area contributed by atoms with Gasteiger partial charge in [0.25, 0.3) is 0 Å². The van der Waals surface area contributed by atoms with Crippen LogP contribution in [-0.4, -0.2) is 20.3 Å². The lowest BCUT2D eigenvalue weighted by Crippen LogP contribution is -2.03. The molecule has 0 aliphatic carbocycles. The van der Waals surface area contributed by atoms with E-state index in [0.717, 1.165) is 41.3 Å². The van der Waals surface area contributed by atoms with Crippen LogP contribution in [0.1, 0.15) is 18.4 Å². The fourth-order valence-electron chi connectivity index (χ4n) is 2.02. The van der Waals surface area contributed by atoms with Crippen LogP contribution in [-0.2, 0) is 0 Å². The van der Waals surface area contributed by atoms with E-state index in [-0.39, 0.29) is 0 Å². The average Bonchev–Trinajstić information content (AvgIpc) is 2.54. The summed E-state index contributed by atoms with van der Waals surface area (Å²) < 4.78 is 16.6. The Labute approximate surface area is 131 Å². The molecule has 0 aromatic heterocycles. The molecule has 0 amide bonds. The van der Waals surface area contributed by atoms with Crippen LogP contribution in [0.2, 0.25) is 0 Å². The Hall–Kier alpha value is -2.36. The van der Waals surface area contributed by atoms with Crippen molar-refractivity contribution in [3.05, 3.63) is 48.0 Å². The normalized spacial score (nSPS) is 10.3. The largest absolute Gasteiger partial charge is 0.494 e. The van der Waals surface area contributed by atoms with Gasteiger partial charge in [0.1, 0.15) is 5.75 Å². The Bertz CT molecular complexity index is 599. The molecule has 118 valence electrons.